The van der Waals surface area contributed by atoms with Crippen molar-refractivity contribution in [1.29, 1.82) is 0 Å². The fraction of sp³-hybridized carbons (Fsp3) is 0.0833. The topological polar surface area (TPSA) is 128 Å². The van der Waals surface area contributed by atoms with Crippen LogP contribution < -0.4 is 16.4 Å². The summed E-state index contributed by atoms with van der Waals surface area (Å²) in [6.07, 6.45) is 1.56. The van der Waals surface area contributed by atoms with E-state index in [0.717, 1.165) is 0 Å². The maximum absolute atomic E-state index is 11.3. The van der Waals surface area contributed by atoms with E-state index in [1.54, 1.807) is 13.2 Å². The van der Waals surface area contributed by atoms with Crippen LogP contribution in [0.4, 0.5) is 17.1 Å². The minimum atomic E-state index is -0.679. The number of nitro groups is 1. The molecule has 10 heteroatoms. The van der Waals surface area contributed by atoms with E-state index in [1.807, 2.05) is 0 Å². The van der Waals surface area contributed by atoms with Gasteiger partial charge in [0.2, 0.25) is 0 Å². The number of benzene rings is 1. The number of nitrogens with two attached hydrogens (primary N) is 1. The summed E-state index contributed by atoms with van der Waals surface area (Å²) in [6.45, 7) is 0. The third-order valence-electron chi connectivity index (χ3n) is 2.65. The standard InChI is InChI=1S/C12H12N6O3S/c1-17-6-9(10(16-17)11(13)19)15-12(22)14-7-2-4-8(5-3-7)18(20)21/h2-6H,1H3,(H2,13,19)(H2,14,15,22). The first-order chi connectivity index (χ1) is 10.4. The normalized spacial score (nSPS) is 10.0. The van der Waals surface area contributed by atoms with Gasteiger partial charge in [0.05, 0.1) is 10.6 Å². The number of nitro benzene ring substituents is 1. The molecule has 2 aromatic rings. The van der Waals surface area contributed by atoms with Gasteiger partial charge in [0.25, 0.3) is 11.6 Å². The Morgan fingerprint density at radius 3 is 2.55 bits per heavy atom. The predicted octanol–water partition coefficient (Wildman–Crippen LogP) is 1.24. The van der Waals surface area contributed by atoms with Crippen LogP contribution in [0.2, 0.25) is 0 Å². The first-order valence-corrected chi connectivity index (χ1v) is 6.43. The molecule has 0 fully saturated rings. The molecule has 0 aliphatic heterocycles. The van der Waals surface area contributed by atoms with Gasteiger partial charge in [-0.05, 0) is 24.4 Å². The number of carbonyl (C=O) groups excluding carboxylic acids is 1. The molecule has 0 unspecified atom stereocenters. The van der Waals surface area contributed by atoms with E-state index >= 15 is 0 Å². The Labute approximate surface area is 130 Å². The van der Waals surface area contributed by atoms with Gasteiger partial charge in [-0.15, -0.1) is 0 Å². The number of rotatable bonds is 4. The van der Waals surface area contributed by atoms with Crippen LogP contribution in [0.3, 0.4) is 0 Å². The highest BCUT2D eigenvalue weighted by molar-refractivity contribution is 7.80. The van der Waals surface area contributed by atoms with Gasteiger partial charge in [-0.2, -0.15) is 5.10 Å². The van der Waals surface area contributed by atoms with E-state index in [2.05, 4.69) is 15.7 Å². The Kier molecular flexibility index (Phi) is 4.32. The van der Waals surface area contributed by atoms with E-state index in [-0.39, 0.29) is 16.5 Å². The van der Waals surface area contributed by atoms with Crippen molar-refractivity contribution < 1.29 is 9.72 Å². The second kappa shape index (κ2) is 6.18. The van der Waals surface area contributed by atoms with Gasteiger partial charge < -0.3 is 16.4 Å². The third kappa shape index (κ3) is 3.55. The van der Waals surface area contributed by atoms with Gasteiger partial charge in [0, 0.05) is 31.1 Å². The number of nitrogens with zero attached hydrogens (tertiary/aromatic N) is 3. The Morgan fingerprint density at radius 2 is 2.00 bits per heavy atom. The molecule has 9 nitrogen and oxygen atoms in total. The number of primary amides is 1. The number of thiocarbonyl (C=S) groups is 1. The Morgan fingerprint density at radius 1 is 1.36 bits per heavy atom. The van der Waals surface area contributed by atoms with Gasteiger partial charge in [0.15, 0.2) is 10.8 Å². The van der Waals surface area contributed by atoms with Crippen molar-refractivity contribution >= 4 is 40.3 Å². The Hall–Kier alpha value is -3.01. The van der Waals surface area contributed by atoms with Crippen LogP contribution in [0.25, 0.3) is 0 Å². The maximum atomic E-state index is 11.3. The molecule has 1 amide bonds. The number of amides is 1. The minimum Gasteiger partial charge on any atom is -0.364 e. The highest BCUT2D eigenvalue weighted by Crippen LogP contribution is 2.17. The zero-order valence-corrected chi connectivity index (χ0v) is 12.3. The van der Waals surface area contributed by atoms with Crippen molar-refractivity contribution in [3.63, 3.8) is 0 Å². The van der Waals surface area contributed by atoms with Gasteiger partial charge in [-0.3, -0.25) is 19.6 Å². The molecule has 114 valence electrons. The molecule has 0 aliphatic rings. The van der Waals surface area contributed by atoms with Crippen molar-refractivity contribution in [1.82, 2.24) is 9.78 Å². The number of hydrogen-bond donors (Lipinski definition) is 3. The highest BCUT2D eigenvalue weighted by Gasteiger charge is 2.14. The van der Waals surface area contributed by atoms with E-state index in [1.165, 1.54) is 28.9 Å². The van der Waals surface area contributed by atoms with Gasteiger partial charge in [0.1, 0.15) is 0 Å². The molecule has 4 N–H and O–H groups in total. The Bertz CT molecular complexity index is 740. The first-order valence-electron chi connectivity index (χ1n) is 6.02. The fourth-order valence-corrected chi connectivity index (χ4v) is 1.94. The summed E-state index contributed by atoms with van der Waals surface area (Å²) < 4.78 is 1.43. The molecule has 0 aliphatic carbocycles. The molecule has 0 bridgehead atoms. The molecular formula is C12H12N6O3S. The van der Waals surface area contributed by atoms with Crippen LogP contribution in [0.1, 0.15) is 10.5 Å². The molecule has 0 atom stereocenters. The zero-order chi connectivity index (χ0) is 16.3. The van der Waals surface area contributed by atoms with E-state index in [0.29, 0.717) is 11.4 Å². The van der Waals surface area contributed by atoms with Crippen molar-refractivity contribution in [3.8, 4) is 0 Å². The Balaban J connectivity index is 2.07. The van der Waals surface area contributed by atoms with Crippen molar-refractivity contribution in [2.45, 2.75) is 0 Å². The molecular weight excluding hydrogens is 308 g/mol. The maximum Gasteiger partial charge on any atom is 0.271 e. The van der Waals surface area contributed by atoms with Gasteiger partial charge in [-0.25, -0.2) is 0 Å². The lowest BCUT2D eigenvalue weighted by molar-refractivity contribution is -0.384. The summed E-state index contributed by atoms with van der Waals surface area (Å²) in [7, 11) is 1.64. The molecule has 1 aromatic heterocycles. The average Bonchev–Trinajstić information content (AvgIpc) is 2.80. The molecule has 0 saturated carbocycles. The number of anilines is 2. The summed E-state index contributed by atoms with van der Waals surface area (Å²) >= 11 is 5.11. The number of aromatic nitrogens is 2. The number of nitrogens with one attached hydrogen (secondary N) is 2. The number of aryl methyl sites for hydroxylation is 1. The number of non-ortho nitro benzene ring substituents is 1. The summed E-state index contributed by atoms with van der Waals surface area (Å²) in [5.74, 6) is -0.679. The molecule has 0 radical (unpaired) electrons. The van der Waals surface area contributed by atoms with E-state index in [4.69, 9.17) is 18.0 Å². The molecule has 2 rings (SSSR count). The minimum absolute atomic E-state index is 0.0206. The molecule has 1 heterocycles. The fourth-order valence-electron chi connectivity index (χ4n) is 1.71. The first kappa shape index (κ1) is 15.4. The monoisotopic (exact) mass is 320 g/mol. The van der Waals surface area contributed by atoms with Crippen LogP contribution in [0.15, 0.2) is 30.5 Å². The highest BCUT2D eigenvalue weighted by atomic mass is 32.1. The third-order valence-corrected chi connectivity index (χ3v) is 2.85. The molecule has 0 spiro atoms. The summed E-state index contributed by atoms with van der Waals surface area (Å²) in [4.78, 5) is 21.3. The molecule has 22 heavy (non-hydrogen) atoms. The number of carbonyl (C=O) groups is 1. The van der Waals surface area contributed by atoms with Crippen LogP contribution in [-0.4, -0.2) is 25.7 Å². The van der Waals surface area contributed by atoms with Gasteiger partial charge >= 0.3 is 0 Å². The van der Waals surface area contributed by atoms with Gasteiger partial charge in [-0.1, -0.05) is 0 Å². The van der Waals surface area contributed by atoms with E-state index in [9.17, 15) is 14.9 Å². The second-order valence-electron chi connectivity index (χ2n) is 4.31. The average molecular weight is 320 g/mol. The van der Waals surface area contributed by atoms with Crippen LogP contribution >= 0.6 is 12.2 Å². The predicted molar refractivity (Wildman–Crippen MR) is 84.7 cm³/mol. The van der Waals surface area contributed by atoms with Crippen molar-refractivity contribution in [3.05, 3.63) is 46.3 Å². The molecule has 1 aromatic carbocycles. The van der Waals surface area contributed by atoms with Crippen LogP contribution in [0, 0.1) is 10.1 Å². The zero-order valence-electron chi connectivity index (χ0n) is 11.4. The smallest absolute Gasteiger partial charge is 0.271 e. The quantitative estimate of drug-likeness (QED) is 0.439. The summed E-state index contributed by atoms with van der Waals surface area (Å²) in [5.41, 5.74) is 6.20. The van der Waals surface area contributed by atoms with E-state index < -0.39 is 10.8 Å². The van der Waals surface area contributed by atoms with Crippen LogP contribution in [0.5, 0.6) is 0 Å². The summed E-state index contributed by atoms with van der Waals surface area (Å²) in [6, 6.07) is 5.74. The van der Waals surface area contributed by atoms with Crippen molar-refractivity contribution in [2.24, 2.45) is 12.8 Å². The lowest BCUT2D eigenvalue weighted by Gasteiger charge is -2.09. The van der Waals surface area contributed by atoms with Crippen LogP contribution in [-0.2, 0) is 7.05 Å². The second-order valence-corrected chi connectivity index (χ2v) is 4.72. The number of hydrogen-bond acceptors (Lipinski definition) is 5. The SMILES string of the molecule is Cn1cc(NC(=S)Nc2ccc([N+](=O)[O-])cc2)c(C(N)=O)n1. The summed E-state index contributed by atoms with van der Waals surface area (Å²) in [5, 5.41) is 20.3. The van der Waals surface area contributed by atoms with Crippen molar-refractivity contribution in [2.75, 3.05) is 10.6 Å². The lowest BCUT2D eigenvalue weighted by Crippen LogP contribution is -2.21. The molecule has 0 saturated heterocycles. The lowest BCUT2D eigenvalue weighted by atomic mass is 10.3. The largest absolute Gasteiger partial charge is 0.364 e.